The monoisotopic (exact) mass is 540 g/mol. The third-order valence-corrected chi connectivity index (χ3v) is 7.71. The fourth-order valence-electron chi connectivity index (χ4n) is 3.40. The van der Waals surface area contributed by atoms with Crippen molar-refractivity contribution in [3.8, 4) is 11.5 Å². The molecule has 0 bridgehead atoms. The normalized spacial score (nSPS) is 11.3. The second-order valence-corrected chi connectivity index (χ2v) is 10.6. The first-order valence-corrected chi connectivity index (χ1v) is 13.1. The maximum atomic E-state index is 13.4. The number of ether oxygens (including phenoxy) is 1. The van der Waals surface area contributed by atoms with Gasteiger partial charge in [-0.3, -0.25) is 4.79 Å². The average molecular weight is 541 g/mol. The second-order valence-electron chi connectivity index (χ2n) is 7.82. The zero-order chi connectivity index (χ0) is 25.5. The van der Waals surface area contributed by atoms with E-state index in [0.717, 1.165) is 4.31 Å². The van der Waals surface area contributed by atoms with Crippen LogP contribution in [0.25, 0.3) is 0 Å². The molecule has 9 heteroatoms. The van der Waals surface area contributed by atoms with Gasteiger partial charge in [0.05, 0.1) is 21.5 Å². The molecule has 1 N–H and O–H groups in total. The maximum absolute atomic E-state index is 13.4. The highest BCUT2D eigenvalue weighted by Gasteiger charge is 2.27. The number of nitrogens with zero attached hydrogens (tertiary/aromatic N) is 1. The lowest BCUT2D eigenvalue weighted by Gasteiger charge is -2.22. The summed E-state index contributed by atoms with van der Waals surface area (Å²) in [5.41, 5.74) is 1.10. The van der Waals surface area contributed by atoms with Gasteiger partial charge in [0.1, 0.15) is 11.5 Å². The molecule has 0 spiro atoms. The molecule has 0 aliphatic carbocycles. The Kier molecular flexibility index (Phi) is 8.28. The second kappa shape index (κ2) is 11.6. The van der Waals surface area contributed by atoms with E-state index in [1.165, 1.54) is 12.1 Å². The van der Waals surface area contributed by atoms with Gasteiger partial charge in [0.25, 0.3) is 0 Å². The van der Waals surface area contributed by atoms with E-state index in [2.05, 4.69) is 5.32 Å². The van der Waals surface area contributed by atoms with Crippen LogP contribution in [-0.4, -0.2) is 25.2 Å². The Balaban J connectivity index is 1.50. The summed E-state index contributed by atoms with van der Waals surface area (Å²) >= 11 is 12.1. The standard InChI is InChI=1S/C27H22Cl2N2O4S/c28-25-16-11-20(17-26(25)29)18-31(36(33,34)24-9-5-2-6-10-24)19-27(32)30-21-12-14-23(15-13-21)35-22-7-3-1-4-8-22/h1-17H,18-19H2,(H,30,32). The Bertz CT molecular complexity index is 1430. The number of nitrogens with one attached hydrogen (secondary N) is 1. The molecule has 0 atom stereocenters. The average Bonchev–Trinajstić information content (AvgIpc) is 2.88. The lowest BCUT2D eigenvalue weighted by molar-refractivity contribution is -0.116. The van der Waals surface area contributed by atoms with E-state index in [0.29, 0.717) is 32.8 Å². The molecule has 0 aromatic heterocycles. The molecule has 0 radical (unpaired) electrons. The highest BCUT2D eigenvalue weighted by atomic mass is 35.5. The van der Waals surface area contributed by atoms with Gasteiger partial charge >= 0.3 is 0 Å². The summed E-state index contributed by atoms with van der Waals surface area (Å²) in [6.07, 6.45) is 0. The molecule has 6 nitrogen and oxygen atoms in total. The highest BCUT2D eigenvalue weighted by molar-refractivity contribution is 7.89. The first-order chi connectivity index (χ1) is 17.3. The predicted molar refractivity (Wildman–Crippen MR) is 142 cm³/mol. The van der Waals surface area contributed by atoms with Crippen LogP contribution in [0.4, 0.5) is 5.69 Å². The molecule has 0 fully saturated rings. The van der Waals surface area contributed by atoms with Crippen LogP contribution in [-0.2, 0) is 21.4 Å². The van der Waals surface area contributed by atoms with Crippen LogP contribution < -0.4 is 10.1 Å². The molecule has 0 saturated heterocycles. The van der Waals surface area contributed by atoms with Crippen molar-refractivity contribution in [2.75, 3.05) is 11.9 Å². The van der Waals surface area contributed by atoms with Gasteiger partial charge in [-0.25, -0.2) is 8.42 Å². The molecule has 1 amide bonds. The Hall–Kier alpha value is -3.36. The third-order valence-electron chi connectivity index (χ3n) is 5.16. The van der Waals surface area contributed by atoms with E-state index in [-0.39, 0.29) is 11.4 Å². The van der Waals surface area contributed by atoms with Gasteiger partial charge in [0.2, 0.25) is 15.9 Å². The number of amides is 1. The van der Waals surface area contributed by atoms with Crippen LogP contribution >= 0.6 is 23.2 Å². The van der Waals surface area contributed by atoms with Crippen molar-refractivity contribution >= 4 is 44.8 Å². The molecule has 4 rings (SSSR count). The maximum Gasteiger partial charge on any atom is 0.243 e. The minimum Gasteiger partial charge on any atom is -0.457 e. The fourth-order valence-corrected chi connectivity index (χ4v) is 5.13. The Morgan fingerprint density at radius 2 is 1.39 bits per heavy atom. The Morgan fingerprint density at radius 3 is 2.03 bits per heavy atom. The highest BCUT2D eigenvalue weighted by Crippen LogP contribution is 2.26. The van der Waals surface area contributed by atoms with Crippen molar-refractivity contribution < 1.29 is 17.9 Å². The molecule has 184 valence electrons. The van der Waals surface area contributed by atoms with Gasteiger partial charge < -0.3 is 10.1 Å². The number of sulfonamides is 1. The number of carbonyl (C=O) groups is 1. The summed E-state index contributed by atoms with van der Waals surface area (Å²) in [5, 5.41) is 3.40. The van der Waals surface area contributed by atoms with Crippen molar-refractivity contribution in [3.63, 3.8) is 0 Å². The van der Waals surface area contributed by atoms with Gasteiger partial charge in [0, 0.05) is 12.2 Å². The van der Waals surface area contributed by atoms with Gasteiger partial charge in [-0.1, -0.05) is 65.7 Å². The number of anilines is 1. The van der Waals surface area contributed by atoms with Gasteiger partial charge in [-0.15, -0.1) is 0 Å². The van der Waals surface area contributed by atoms with Crippen LogP contribution in [0, 0.1) is 0 Å². The van der Waals surface area contributed by atoms with Gasteiger partial charge in [-0.05, 0) is 66.2 Å². The number of hydrogen-bond acceptors (Lipinski definition) is 4. The van der Waals surface area contributed by atoms with Crippen LogP contribution in [0.1, 0.15) is 5.56 Å². The van der Waals surface area contributed by atoms with Crippen LogP contribution in [0.3, 0.4) is 0 Å². The third kappa shape index (κ3) is 6.65. The summed E-state index contributed by atoms with van der Waals surface area (Å²) in [6.45, 7) is -0.467. The zero-order valence-electron chi connectivity index (χ0n) is 19.0. The molecular weight excluding hydrogens is 519 g/mol. The molecule has 36 heavy (non-hydrogen) atoms. The molecule has 4 aromatic carbocycles. The molecule has 0 aliphatic rings. The quantitative estimate of drug-likeness (QED) is 0.259. The lowest BCUT2D eigenvalue weighted by Crippen LogP contribution is -2.37. The molecule has 4 aromatic rings. The van der Waals surface area contributed by atoms with Crippen LogP contribution in [0.5, 0.6) is 11.5 Å². The number of carbonyl (C=O) groups excluding carboxylic acids is 1. The van der Waals surface area contributed by atoms with Crippen molar-refractivity contribution in [1.29, 1.82) is 0 Å². The van der Waals surface area contributed by atoms with E-state index in [9.17, 15) is 13.2 Å². The minimum absolute atomic E-state index is 0.0641. The molecular formula is C27H22Cl2N2O4S. The predicted octanol–water partition coefficient (Wildman–Crippen LogP) is 6.62. The smallest absolute Gasteiger partial charge is 0.243 e. The number of benzene rings is 4. The molecule has 0 saturated carbocycles. The topological polar surface area (TPSA) is 75.7 Å². The summed E-state index contributed by atoms with van der Waals surface area (Å²) in [7, 11) is -3.97. The lowest BCUT2D eigenvalue weighted by atomic mass is 10.2. The van der Waals surface area contributed by atoms with E-state index in [1.54, 1.807) is 60.7 Å². The van der Waals surface area contributed by atoms with E-state index < -0.39 is 22.5 Å². The minimum atomic E-state index is -3.97. The number of para-hydroxylation sites is 1. The summed E-state index contributed by atoms with van der Waals surface area (Å²) in [4.78, 5) is 13.0. The largest absolute Gasteiger partial charge is 0.457 e. The van der Waals surface area contributed by atoms with E-state index >= 15 is 0 Å². The van der Waals surface area contributed by atoms with Crippen molar-refractivity contribution in [1.82, 2.24) is 4.31 Å². The first-order valence-electron chi connectivity index (χ1n) is 10.9. The number of rotatable bonds is 9. The Labute approximate surface area is 220 Å². The fraction of sp³-hybridized carbons (Fsp3) is 0.0741. The van der Waals surface area contributed by atoms with E-state index in [4.69, 9.17) is 27.9 Å². The summed E-state index contributed by atoms with van der Waals surface area (Å²) in [6, 6.07) is 28.9. The molecule has 0 unspecified atom stereocenters. The van der Waals surface area contributed by atoms with Crippen molar-refractivity contribution in [2.24, 2.45) is 0 Å². The van der Waals surface area contributed by atoms with Crippen molar-refractivity contribution in [2.45, 2.75) is 11.4 Å². The Morgan fingerprint density at radius 1 is 0.778 bits per heavy atom. The summed E-state index contributed by atoms with van der Waals surface area (Å²) < 4.78 is 33.6. The molecule has 0 aliphatic heterocycles. The number of halogens is 2. The van der Waals surface area contributed by atoms with Crippen LogP contribution in [0.2, 0.25) is 10.0 Å². The SMILES string of the molecule is O=C(CN(Cc1ccc(Cl)c(Cl)c1)S(=O)(=O)c1ccccc1)Nc1ccc(Oc2ccccc2)cc1. The summed E-state index contributed by atoms with van der Waals surface area (Å²) in [5.74, 6) is 0.803. The van der Waals surface area contributed by atoms with E-state index in [1.807, 2.05) is 30.3 Å². The first kappa shape index (κ1) is 25.7. The zero-order valence-corrected chi connectivity index (χ0v) is 21.3. The van der Waals surface area contributed by atoms with Gasteiger partial charge in [-0.2, -0.15) is 4.31 Å². The van der Waals surface area contributed by atoms with Gasteiger partial charge in [0.15, 0.2) is 0 Å². The van der Waals surface area contributed by atoms with Crippen molar-refractivity contribution in [3.05, 3.63) is 119 Å². The number of hydrogen-bond donors (Lipinski definition) is 1. The van der Waals surface area contributed by atoms with Crippen LogP contribution in [0.15, 0.2) is 108 Å². The molecule has 0 heterocycles.